The van der Waals surface area contributed by atoms with Crippen LogP contribution in [0.15, 0.2) is 9.85 Å². The summed E-state index contributed by atoms with van der Waals surface area (Å²) in [6, 6.07) is 1.84. The summed E-state index contributed by atoms with van der Waals surface area (Å²) in [4.78, 5) is 24.5. The van der Waals surface area contributed by atoms with E-state index in [9.17, 15) is 9.59 Å². The predicted molar refractivity (Wildman–Crippen MR) is 70.6 cm³/mol. The maximum Gasteiger partial charge on any atom is 0.303 e. The van der Waals surface area contributed by atoms with Gasteiger partial charge in [-0.25, -0.2) is 0 Å². The SMILES string of the molecule is Cc1cc(C(=O)N(C)CCCC(=O)O)sc1Br. The van der Waals surface area contributed by atoms with Gasteiger partial charge in [-0.05, 0) is 40.9 Å². The van der Waals surface area contributed by atoms with Crippen LogP contribution < -0.4 is 0 Å². The predicted octanol–water partition coefficient (Wildman–Crippen LogP) is 2.76. The Hall–Kier alpha value is -0.880. The fourth-order valence-electron chi connectivity index (χ4n) is 1.32. The van der Waals surface area contributed by atoms with Crippen LogP contribution in [0.1, 0.15) is 28.1 Å². The Morgan fingerprint density at radius 3 is 2.65 bits per heavy atom. The molecule has 17 heavy (non-hydrogen) atoms. The maximum atomic E-state index is 12.0. The van der Waals surface area contributed by atoms with E-state index in [1.807, 2.05) is 13.0 Å². The summed E-state index contributed by atoms with van der Waals surface area (Å²) in [6.07, 6.45) is 0.563. The molecule has 1 heterocycles. The summed E-state index contributed by atoms with van der Waals surface area (Å²) in [5, 5.41) is 8.51. The Labute approximate surface area is 112 Å². The first-order valence-corrected chi connectivity index (χ1v) is 6.76. The van der Waals surface area contributed by atoms with Crippen LogP contribution in [0.2, 0.25) is 0 Å². The first-order valence-electron chi connectivity index (χ1n) is 5.15. The van der Waals surface area contributed by atoms with Crippen LogP contribution in [-0.4, -0.2) is 35.5 Å². The normalized spacial score (nSPS) is 10.3. The first-order chi connectivity index (χ1) is 7.91. The van der Waals surface area contributed by atoms with E-state index in [0.717, 1.165) is 9.35 Å². The van der Waals surface area contributed by atoms with Crippen molar-refractivity contribution in [2.75, 3.05) is 13.6 Å². The monoisotopic (exact) mass is 319 g/mol. The van der Waals surface area contributed by atoms with Gasteiger partial charge in [-0.15, -0.1) is 11.3 Å². The number of aryl methyl sites for hydroxylation is 1. The van der Waals surface area contributed by atoms with Gasteiger partial charge in [0.2, 0.25) is 0 Å². The van der Waals surface area contributed by atoms with Gasteiger partial charge < -0.3 is 10.0 Å². The lowest BCUT2D eigenvalue weighted by molar-refractivity contribution is -0.137. The van der Waals surface area contributed by atoms with E-state index < -0.39 is 5.97 Å². The van der Waals surface area contributed by atoms with Gasteiger partial charge in [0.25, 0.3) is 5.91 Å². The van der Waals surface area contributed by atoms with Crippen LogP contribution in [-0.2, 0) is 4.79 Å². The van der Waals surface area contributed by atoms with Gasteiger partial charge in [0.15, 0.2) is 0 Å². The number of rotatable bonds is 5. The molecular formula is C11H14BrNO3S. The lowest BCUT2D eigenvalue weighted by Crippen LogP contribution is -2.27. The van der Waals surface area contributed by atoms with Crippen LogP contribution in [0.4, 0.5) is 0 Å². The van der Waals surface area contributed by atoms with Crippen LogP contribution in [0.5, 0.6) is 0 Å². The fraction of sp³-hybridized carbons (Fsp3) is 0.455. The van der Waals surface area contributed by atoms with E-state index in [0.29, 0.717) is 17.8 Å². The van der Waals surface area contributed by atoms with Gasteiger partial charge in [0.1, 0.15) is 0 Å². The summed E-state index contributed by atoms with van der Waals surface area (Å²) in [5.74, 6) is -0.894. The lowest BCUT2D eigenvalue weighted by atomic mass is 10.3. The number of hydrogen-bond donors (Lipinski definition) is 1. The van der Waals surface area contributed by atoms with Gasteiger partial charge >= 0.3 is 5.97 Å². The lowest BCUT2D eigenvalue weighted by Gasteiger charge is -2.15. The molecule has 0 aliphatic heterocycles. The molecule has 0 spiro atoms. The molecule has 4 nitrogen and oxygen atoms in total. The highest BCUT2D eigenvalue weighted by Crippen LogP contribution is 2.28. The number of halogens is 1. The Morgan fingerprint density at radius 1 is 1.53 bits per heavy atom. The average Bonchev–Trinajstić information content (AvgIpc) is 2.57. The van der Waals surface area contributed by atoms with Crippen molar-refractivity contribution in [1.82, 2.24) is 4.90 Å². The largest absolute Gasteiger partial charge is 0.481 e. The molecule has 0 fully saturated rings. The zero-order valence-electron chi connectivity index (χ0n) is 9.70. The maximum absolute atomic E-state index is 12.0. The van der Waals surface area contributed by atoms with Gasteiger partial charge in [-0.3, -0.25) is 9.59 Å². The van der Waals surface area contributed by atoms with Crippen LogP contribution >= 0.6 is 27.3 Å². The van der Waals surface area contributed by atoms with Crippen molar-refractivity contribution >= 4 is 39.1 Å². The molecule has 6 heteroatoms. The zero-order valence-corrected chi connectivity index (χ0v) is 12.1. The van der Waals surface area contributed by atoms with Crippen molar-refractivity contribution < 1.29 is 14.7 Å². The number of carboxylic acid groups (broad SMARTS) is 1. The molecule has 0 aliphatic carbocycles. The minimum absolute atomic E-state index is 0.0609. The highest BCUT2D eigenvalue weighted by atomic mass is 79.9. The number of carbonyl (C=O) groups excluding carboxylic acids is 1. The molecule has 0 aliphatic rings. The molecule has 0 bridgehead atoms. The summed E-state index contributed by atoms with van der Waals surface area (Å²) in [5.41, 5.74) is 1.04. The number of hydrogen-bond acceptors (Lipinski definition) is 3. The summed E-state index contributed by atoms with van der Waals surface area (Å²) >= 11 is 4.77. The minimum atomic E-state index is -0.833. The third-order valence-electron chi connectivity index (χ3n) is 2.30. The number of aliphatic carboxylic acids is 1. The Bertz CT molecular complexity index is 411. The van der Waals surface area contributed by atoms with E-state index >= 15 is 0 Å². The van der Waals surface area contributed by atoms with E-state index in [4.69, 9.17) is 5.11 Å². The van der Waals surface area contributed by atoms with Crippen molar-refractivity contribution in [3.05, 3.63) is 20.3 Å². The van der Waals surface area contributed by atoms with Crippen LogP contribution in [0.3, 0.4) is 0 Å². The number of thiophene rings is 1. The smallest absolute Gasteiger partial charge is 0.303 e. The van der Waals surface area contributed by atoms with Gasteiger partial charge in [0, 0.05) is 20.0 Å². The number of nitrogens with zero attached hydrogens (tertiary/aromatic N) is 1. The Balaban J connectivity index is 2.54. The van der Waals surface area contributed by atoms with Crippen molar-refractivity contribution in [3.8, 4) is 0 Å². The fourth-order valence-corrected chi connectivity index (χ4v) is 2.85. The van der Waals surface area contributed by atoms with Crippen LogP contribution in [0.25, 0.3) is 0 Å². The number of carbonyl (C=O) groups is 2. The molecule has 0 saturated heterocycles. The Kier molecular flexibility index (Phi) is 5.14. The van der Waals surface area contributed by atoms with Gasteiger partial charge in [-0.1, -0.05) is 0 Å². The molecule has 1 rings (SSSR count). The molecule has 0 radical (unpaired) electrons. The summed E-state index contributed by atoms with van der Waals surface area (Å²) in [6.45, 7) is 2.39. The van der Waals surface area contributed by atoms with Gasteiger partial charge in [0.05, 0.1) is 8.66 Å². The standard InChI is InChI=1S/C11H14BrNO3S/c1-7-6-8(17-10(7)12)11(16)13(2)5-3-4-9(14)15/h6H,3-5H2,1-2H3,(H,14,15). The second kappa shape index (κ2) is 6.16. The molecule has 1 aromatic heterocycles. The van der Waals surface area contributed by atoms with Crippen molar-refractivity contribution in [2.24, 2.45) is 0 Å². The van der Waals surface area contributed by atoms with E-state index in [-0.39, 0.29) is 12.3 Å². The second-order valence-corrected chi connectivity index (χ2v) is 6.16. The third kappa shape index (κ3) is 4.12. The molecular weight excluding hydrogens is 306 g/mol. The van der Waals surface area contributed by atoms with Crippen molar-refractivity contribution in [3.63, 3.8) is 0 Å². The first kappa shape index (κ1) is 14.2. The van der Waals surface area contributed by atoms with Gasteiger partial charge in [-0.2, -0.15) is 0 Å². The van der Waals surface area contributed by atoms with E-state index in [1.165, 1.54) is 11.3 Å². The number of carboxylic acids is 1. The molecule has 0 aromatic carbocycles. The minimum Gasteiger partial charge on any atom is -0.481 e. The molecule has 1 amide bonds. The third-order valence-corrected chi connectivity index (χ3v) is 4.42. The topological polar surface area (TPSA) is 57.6 Å². The average molecular weight is 320 g/mol. The highest BCUT2D eigenvalue weighted by molar-refractivity contribution is 9.11. The molecule has 0 saturated carbocycles. The van der Waals surface area contributed by atoms with Crippen molar-refractivity contribution in [1.29, 1.82) is 0 Å². The molecule has 94 valence electrons. The van der Waals surface area contributed by atoms with E-state index in [1.54, 1.807) is 11.9 Å². The molecule has 0 unspecified atom stereocenters. The summed E-state index contributed by atoms with van der Waals surface area (Å²) in [7, 11) is 1.69. The quantitative estimate of drug-likeness (QED) is 0.907. The van der Waals surface area contributed by atoms with Crippen LogP contribution in [0, 0.1) is 6.92 Å². The Morgan fingerprint density at radius 2 is 2.18 bits per heavy atom. The number of amides is 1. The van der Waals surface area contributed by atoms with E-state index in [2.05, 4.69) is 15.9 Å². The highest BCUT2D eigenvalue weighted by Gasteiger charge is 2.15. The van der Waals surface area contributed by atoms with Crippen molar-refractivity contribution in [2.45, 2.75) is 19.8 Å². The molecule has 1 N–H and O–H groups in total. The summed E-state index contributed by atoms with van der Waals surface area (Å²) < 4.78 is 0.958. The zero-order chi connectivity index (χ0) is 13.0. The second-order valence-electron chi connectivity index (χ2n) is 3.79. The molecule has 1 aromatic rings. The molecule has 0 atom stereocenters.